The molecule has 1 heterocycles. The van der Waals surface area contributed by atoms with Crippen LogP contribution in [0.15, 0.2) is 23.8 Å². The van der Waals surface area contributed by atoms with E-state index >= 15 is 0 Å². The number of carbonyl (C=O) groups is 2. The molecule has 0 aromatic carbocycles. The third kappa shape index (κ3) is 1.43. The molecule has 1 saturated heterocycles. The molecule has 3 nitrogen and oxygen atoms in total. The number of ether oxygens (including phenoxy) is 1. The van der Waals surface area contributed by atoms with E-state index in [1.807, 2.05) is 6.92 Å². The molecule has 0 aromatic rings. The summed E-state index contributed by atoms with van der Waals surface area (Å²) in [5.41, 5.74) is 1.85. The van der Waals surface area contributed by atoms with Crippen molar-refractivity contribution in [2.24, 2.45) is 23.7 Å². The van der Waals surface area contributed by atoms with Crippen LogP contribution in [-0.2, 0) is 14.3 Å². The third-order valence-electron chi connectivity index (χ3n) is 4.98. The van der Waals surface area contributed by atoms with Crippen molar-refractivity contribution in [1.29, 1.82) is 0 Å². The van der Waals surface area contributed by atoms with Gasteiger partial charge in [-0.15, -0.1) is 0 Å². The Bertz CT molecular complexity index is 474. The fraction of sp³-hybridized carbons (Fsp3) is 0.600. The number of allylic oxidation sites excluding steroid dienone is 2. The molecule has 2 aliphatic carbocycles. The van der Waals surface area contributed by atoms with Crippen molar-refractivity contribution < 1.29 is 14.3 Å². The minimum atomic E-state index is -0.275. The molecule has 0 aromatic heterocycles. The summed E-state index contributed by atoms with van der Waals surface area (Å²) in [7, 11) is 0. The van der Waals surface area contributed by atoms with E-state index in [9.17, 15) is 9.59 Å². The second kappa shape index (κ2) is 3.81. The smallest absolute Gasteiger partial charge is 0.334 e. The lowest BCUT2D eigenvalue weighted by atomic mass is 9.78. The van der Waals surface area contributed by atoms with Gasteiger partial charge in [-0.2, -0.15) is 0 Å². The molecule has 0 N–H and O–H groups in total. The van der Waals surface area contributed by atoms with Crippen molar-refractivity contribution in [3.05, 3.63) is 23.8 Å². The second-order valence-electron chi connectivity index (χ2n) is 5.83. The molecular formula is C15H18O3. The standard InChI is InChI=1S/C15H18O3/c1-7-4-5-10-8(2)15(17)18-14(10)13-9(3)12(16)6-11(7)13/h4,9-11,13-14H,2,5-6H2,1,3H3/t9-,10-,11-,13-,14-/m0/s1. The Morgan fingerprint density at radius 1 is 1.33 bits per heavy atom. The minimum absolute atomic E-state index is 0.0114. The maximum atomic E-state index is 12.0. The normalized spacial score (nSPS) is 43.1. The van der Waals surface area contributed by atoms with Crippen LogP contribution in [-0.4, -0.2) is 17.9 Å². The zero-order valence-corrected chi connectivity index (χ0v) is 10.8. The van der Waals surface area contributed by atoms with Gasteiger partial charge in [0, 0.05) is 29.7 Å². The topological polar surface area (TPSA) is 43.4 Å². The lowest BCUT2D eigenvalue weighted by molar-refractivity contribution is -0.143. The predicted octanol–water partition coefficient (Wildman–Crippen LogP) is 2.28. The average molecular weight is 246 g/mol. The zero-order chi connectivity index (χ0) is 13.0. The van der Waals surface area contributed by atoms with E-state index in [1.165, 1.54) is 5.57 Å². The number of hydrogen-bond donors (Lipinski definition) is 0. The number of Topliss-reactive ketones (excluding diaryl/α,β-unsaturated/α-hetero) is 1. The van der Waals surface area contributed by atoms with Crippen LogP contribution in [0.2, 0.25) is 0 Å². The first-order valence-electron chi connectivity index (χ1n) is 6.60. The van der Waals surface area contributed by atoms with E-state index in [4.69, 9.17) is 4.74 Å². The van der Waals surface area contributed by atoms with Crippen LogP contribution in [0.4, 0.5) is 0 Å². The van der Waals surface area contributed by atoms with Gasteiger partial charge in [0.2, 0.25) is 0 Å². The summed E-state index contributed by atoms with van der Waals surface area (Å²) in [6, 6.07) is 0. The molecule has 5 atom stereocenters. The Balaban J connectivity index is 2.03. The van der Waals surface area contributed by atoms with Crippen molar-refractivity contribution in [2.45, 2.75) is 32.8 Å². The largest absolute Gasteiger partial charge is 0.458 e. The third-order valence-corrected chi connectivity index (χ3v) is 4.98. The van der Waals surface area contributed by atoms with Crippen molar-refractivity contribution in [3.63, 3.8) is 0 Å². The van der Waals surface area contributed by atoms with E-state index in [0.717, 1.165) is 6.42 Å². The Morgan fingerprint density at radius 2 is 2.06 bits per heavy atom. The number of ketones is 1. The minimum Gasteiger partial charge on any atom is -0.458 e. The monoisotopic (exact) mass is 246 g/mol. The van der Waals surface area contributed by atoms with Gasteiger partial charge in [0.1, 0.15) is 11.9 Å². The van der Waals surface area contributed by atoms with Gasteiger partial charge in [-0.25, -0.2) is 4.79 Å². The SMILES string of the molecule is C=C1C(=O)O[C@@H]2[C@H]3[C@@H](C)C(=O)C[C@H]3C(C)=CC[C@@H]12. The average Bonchev–Trinajstić information content (AvgIpc) is 2.72. The van der Waals surface area contributed by atoms with Crippen LogP contribution < -0.4 is 0 Å². The van der Waals surface area contributed by atoms with E-state index in [1.54, 1.807) is 0 Å². The van der Waals surface area contributed by atoms with Crippen molar-refractivity contribution in [3.8, 4) is 0 Å². The summed E-state index contributed by atoms with van der Waals surface area (Å²) in [5.74, 6) is 0.472. The summed E-state index contributed by atoms with van der Waals surface area (Å²) < 4.78 is 5.51. The van der Waals surface area contributed by atoms with Gasteiger partial charge < -0.3 is 4.74 Å². The maximum Gasteiger partial charge on any atom is 0.334 e. The number of fused-ring (bicyclic) bond motifs is 3. The highest BCUT2D eigenvalue weighted by atomic mass is 16.6. The van der Waals surface area contributed by atoms with Gasteiger partial charge in [0.05, 0.1) is 0 Å². The first-order valence-corrected chi connectivity index (χ1v) is 6.60. The quantitative estimate of drug-likeness (QED) is 0.374. The van der Waals surface area contributed by atoms with E-state index in [2.05, 4.69) is 19.6 Å². The lowest BCUT2D eigenvalue weighted by Gasteiger charge is -2.28. The number of rotatable bonds is 0. The van der Waals surface area contributed by atoms with Crippen LogP contribution in [0.3, 0.4) is 0 Å². The Hall–Kier alpha value is -1.38. The molecule has 3 aliphatic rings. The summed E-state index contributed by atoms with van der Waals surface area (Å²) in [6.45, 7) is 7.92. The number of esters is 1. The summed E-state index contributed by atoms with van der Waals surface area (Å²) in [4.78, 5) is 23.6. The predicted molar refractivity (Wildman–Crippen MR) is 66.7 cm³/mol. The molecule has 1 saturated carbocycles. The molecule has 2 fully saturated rings. The molecule has 0 unspecified atom stereocenters. The van der Waals surface area contributed by atoms with Gasteiger partial charge in [-0.3, -0.25) is 4.79 Å². The first kappa shape index (κ1) is 11.7. The lowest BCUT2D eigenvalue weighted by Crippen LogP contribution is -2.32. The van der Waals surface area contributed by atoms with Gasteiger partial charge in [-0.1, -0.05) is 25.2 Å². The molecule has 18 heavy (non-hydrogen) atoms. The molecule has 0 spiro atoms. The fourth-order valence-electron chi connectivity index (χ4n) is 3.80. The Labute approximate surface area is 107 Å². The van der Waals surface area contributed by atoms with Crippen molar-refractivity contribution in [1.82, 2.24) is 0 Å². The highest BCUT2D eigenvalue weighted by Crippen LogP contribution is 2.49. The van der Waals surface area contributed by atoms with Crippen LogP contribution in [0.25, 0.3) is 0 Å². The zero-order valence-electron chi connectivity index (χ0n) is 10.8. The van der Waals surface area contributed by atoms with Gasteiger partial charge in [-0.05, 0) is 19.3 Å². The van der Waals surface area contributed by atoms with E-state index in [-0.39, 0.29) is 35.7 Å². The van der Waals surface area contributed by atoms with Crippen LogP contribution in [0.5, 0.6) is 0 Å². The van der Waals surface area contributed by atoms with E-state index < -0.39 is 0 Å². The molecule has 0 bridgehead atoms. The highest BCUT2D eigenvalue weighted by Gasteiger charge is 2.53. The fourth-order valence-corrected chi connectivity index (χ4v) is 3.80. The van der Waals surface area contributed by atoms with Crippen molar-refractivity contribution in [2.75, 3.05) is 0 Å². The van der Waals surface area contributed by atoms with Gasteiger partial charge in [0.25, 0.3) is 0 Å². The highest BCUT2D eigenvalue weighted by molar-refractivity contribution is 5.91. The second-order valence-corrected chi connectivity index (χ2v) is 5.83. The number of hydrogen-bond acceptors (Lipinski definition) is 3. The van der Waals surface area contributed by atoms with Crippen molar-refractivity contribution >= 4 is 11.8 Å². The Morgan fingerprint density at radius 3 is 2.78 bits per heavy atom. The molecule has 3 heteroatoms. The van der Waals surface area contributed by atoms with E-state index in [0.29, 0.717) is 17.8 Å². The number of carbonyl (C=O) groups excluding carboxylic acids is 2. The molecule has 3 rings (SSSR count). The van der Waals surface area contributed by atoms with Gasteiger partial charge >= 0.3 is 5.97 Å². The van der Waals surface area contributed by atoms with Crippen LogP contribution in [0.1, 0.15) is 26.7 Å². The summed E-state index contributed by atoms with van der Waals surface area (Å²) in [5, 5.41) is 0. The van der Waals surface area contributed by atoms with Gasteiger partial charge in [0.15, 0.2) is 0 Å². The Kier molecular flexibility index (Phi) is 2.47. The van der Waals surface area contributed by atoms with Crippen LogP contribution >= 0.6 is 0 Å². The molecule has 96 valence electrons. The summed E-state index contributed by atoms with van der Waals surface area (Å²) in [6.07, 6.45) is 3.43. The summed E-state index contributed by atoms with van der Waals surface area (Å²) >= 11 is 0. The first-order chi connectivity index (χ1) is 8.50. The molecular weight excluding hydrogens is 228 g/mol. The molecule has 0 radical (unpaired) electrons. The maximum absolute atomic E-state index is 12.0. The van der Waals surface area contributed by atoms with Crippen LogP contribution in [0, 0.1) is 23.7 Å². The molecule has 0 amide bonds. The molecule has 1 aliphatic heterocycles.